The summed E-state index contributed by atoms with van der Waals surface area (Å²) in [5.74, 6) is -5.85. The molecule has 0 fully saturated rings. The highest BCUT2D eigenvalue weighted by atomic mass is 19.4. The number of aromatic nitrogens is 1. The first-order valence-corrected chi connectivity index (χ1v) is 4.22. The largest absolute Gasteiger partial charge is 0.574 e. The van der Waals surface area contributed by atoms with Crippen molar-refractivity contribution in [1.82, 2.24) is 4.98 Å². The number of carbonyl (C=O) groups is 1. The predicted octanol–water partition coefficient (Wildman–Crippen LogP) is 2.40. The van der Waals surface area contributed by atoms with Crippen LogP contribution in [0.4, 0.5) is 26.3 Å². The molecule has 19 heavy (non-hydrogen) atoms. The summed E-state index contributed by atoms with van der Waals surface area (Å²) in [6.45, 7) is 0. The van der Waals surface area contributed by atoms with Gasteiger partial charge in [-0.2, -0.15) is 13.2 Å². The van der Waals surface area contributed by atoms with Crippen molar-refractivity contribution in [1.29, 1.82) is 0 Å². The van der Waals surface area contributed by atoms with Gasteiger partial charge in [0.1, 0.15) is 5.56 Å². The van der Waals surface area contributed by atoms with Crippen LogP contribution in [0.5, 0.6) is 11.6 Å². The molecule has 0 aliphatic carbocycles. The van der Waals surface area contributed by atoms with Crippen molar-refractivity contribution in [2.45, 2.75) is 12.5 Å². The van der Waals surface area contributed by atoms with Crippen LogP contribution in [0.1, 0.15) is 16.1 Å². The zero-order valence-electron chi connectivity index (χ0n) is 8.50. The fourth-order valence-electron chi connectivity index (χ4n) is 1.02. The molecule has 0 amide bonds. The Morgan fingerprint density at radius 1 is 1.21 bits per heavy atom. The van der Waals surface area contributed by atoms with Crippen molar-refractivity contribution < 1.29 is 46.1 Å². The van der Waals surface area contributed by atoms with Gasteiger partial charge in [0.2, 0.25) is 0 Å². The molecule has 106 valence electrons. The number of aromatic hydroxyl groups is 1. The lowest BCUT2D eigenvalue weighted by Crippen LogP contribution is -2.20. The highest BCUT2D eigenvalue weighted by Gasteiger charge is 2.40. The van der Waals surface area contributed by atoms with Crippen LogP contribution < -0.4 is 4.74 Å². The normalized spacial score (nSPS) is 12.3. The van der Waals surface area contributed by atoms with E-state index in [-0.39, 0.29) is 6.07 Å². The van der Waals surface area contributed by atoms with E-state index >= 15 is 0 Å². The van der Waals surface area contributed by atoms with Gasteiger partial charge in [-0.25, -0.2) is 9.78 Å². The molecule has 0 saturated heterocycles. The molecule has 0 saturated carbocycles. The van der Waals surface area contributed by atoms with Gasteiger partial charge in [0, 0.05) is 0 Å². The van der Waals surface area contributed by atoms with E-state index in [1.54, 1.807) is 0 Å². The maximum atomic E-state index is 12.4. The fraction of sp³-hybridized carbons (Fsp3) is 0.250. The Morgan fingerprint density at radius 2 is 1.74 bits per heavy atom. The molecule has 0 aliphatic rings. The number of nitrogens with zero attached hydrogens (tertiary/aromatic N) is 1. The third-order valence-corrected chi connectivity index (χ3v) is 1.70. The number of pyridine rings is 1. The van der Waals surface area contributed by atoms with Crippen molar-refractivity contribution >= 4 is 5.97 Å². The van der Waals surface area contributed by atoms with E-state index in [9.17, 15) is 31.1 Å². The van der Waals surface area contributed by atoms with Crippen LogP contribution in [0.25, 0.3) is 0 Å². The van der Waals surface area contributed by atoms with Gasteiger partial charge in [-0.1, -0.05) is 0 Å². The lowest BCUT2D eigenvalue weighted by atomic mass is 10.2. The minimum Gasteiger partial charge on any atom is -0.503 e. The molecule has 0 unspecified atom stereocenters. The van der Waals surface area contributed by atoms with Crippen molar-refractivity contribution in [2.75, 3.05) is 0 Å². The second kappa shape index (κ2) is 4.48. The average molecular weight is 291 g/mol. The fourth-order valence-corrected chi connectivity index (χ4v) is 1.02. The summed E-state index contributed by atoms with van der Waals surface area (Å²) >= 11 is 0. The van der Waals surface area contributed by atoms with Crippen molar-refractivity contribution in [2.24, 2.45) is 0 Å². The standard InChI is InChI=1S/C8H3F6NO4/c9-7(10,11)2-1-3(6(17)18)15-5(4(2)16)19-8(12,13)14/h1,16H,(H,17,18). The third-order valence-electron chi connectivity index (χ3n) is 1.70. The number of aromatic carboxylic acids is 1. The van der Waals surface area contributed by atoms with E-state index in [1.807, 2.05) is 0 Å². The predicted molar refractivity (Wildman–Crippen MR) is 44.5 cm³/mol. The summed E-state index contributed by atoms with van der Waals surface area (Å²) in [7, 11) is 0. The highest BCUT2D eigenvalue weighted by molar-refractivity contribution is 5.86. The molecular weight excluding hydrogens is 288 g/mol. The Kier molecular flexibility index (Phi) is 3.50. The molecule has 1 aromatic heterocycles. The topological polar surface area (TPSA) is 79.7 Å². The van der Waals surface area contributed by atoms with Crippen LogP contribution in [0, 0.1) is 0 Å². The molecule has 1 heterocycles. The number of hydrogen-bond donors (Lipinski definition) is 2. The lowest BCUT2D eigenvalue weighted by Gasteiger charge is -2.14. The molecule has 0 atom stereocenters. The number of rotatable bonds is 2. The first kappa shape index (κ1) is 14.9. The SMILES string of the molecule is O=C(O)c1cc(C(F)(F)F)c(O)c(OC(F)(F)F)n1. The molecule has 5 nitrogen and oxygen atoms in total. The van der Waals surface area contributed by atoms with Gasteiger partial charge in [0.05, 0.1) is 0 Å². The quantitative estimate of drug-likeness (QED) is 0.818. The van der Waals surface area contributed by atoms with Crippen LogP contribution in [0.3, 0.4) is 0 Å². The Bertz CT molecular complexity index is 509. The van der Waals surface area contributed by atoms with E-state index in [2.05, 4.69) is 9.72 Å². The Labute approximate surface area is 99.6 Å². The Balaban J connectivity index is 3.46. The summed E-state index contributed by atoms with van der Waals surface area (Å²) in [5, 5.41) is 17.4. The Hall–Kier alpha value is -2.20. The summed E-state index contributed by atoms with van der Waals surface area (Å²) in [6, 6.07) is -0.110. The number of carboxylic acid groups (broad SMARTS) is 1. The molecule has 2 N–H and O–H groups in total. The number of ether oxygens (including phenoxy) is 1. The second-order valence-corrected chi connectivity index (χ2v) is 3.06. The molecular formula is C8H3F6NO4. The monoisotopic (exact) mass is 291 g/mol. The van der Waals surface area contributed by atoms with Gasteiger partial charge in [0.15, 0.2) is 11.4 Å². The second-order valence-electron chi connectivity index (χ2n) is 3.06. The number of alkyl halides is 6. The lowest BCUT2D eigenvalue weighted by molar-refractivity contribution is -0.276. The number of hydrogen-bond acceptors (Lipinski definition) is 4. The first-order chi connectivity index (χ1) is 8.42. The van der Waals surface area contributed by atoms with Crippen LogP contribution in [-0.4, -0.2) is 27.5 Å². The minimum absolute atomic E-state index is 0.110. The summed E-state index contributed by atoms with van der Waals surface area (Å²) in [4.78, 5) is 13.1. The molecule has 0 spiro atoms. The van der Waals surface area contributed by atoms with E-state index in [0.29, 0.717) is 0 Å². The average Bonchev–Trinajstić information content (AvgIpc) is 2.16. The summed E-state index contributed by atoms with van der Waals surface area (Å²) < 4.78 is 75.8. The van der Waals surface area contributed by atoms with Gasteiger partial charge in [-0.3, -0.25) is 0 Å². The molecule has 1 aromatic rings. The zero-order valence-corrected chi connectivity index (χ0v) is 8.50. The van der Waals surface area contributed by atoms with E-state index in [0.717, 1.165) is 0 Å². The Morgan fingerprint density at radius 3 is 2.11 bits per heavy atom. The van der Waals surface area contributed by atoms with E-state index in [4.69, 9.17) is 10.2 Å². The van der Waals surface area contributed by atoms with Gasteiger partial charge < -0.3 is 14.9 Å². The van der Waals surface area contributed by atoms with Gasteiger partial charge in [-0.15, -0.1) is 13.2 Å². The van der Waals surface area contributed by atoms with Crippen LogP contribution in [0.2, 0.25) is 0 Å². The molecule has 0 aromatic carbocycles. The minimum atomic E-state index is -5.44. The van der Waals surface area contributed by atoms with E-state index < -0.39 is 41.4 Å². The van der Waals surface area contributed by atoms with Crippen LogP contribution >= 0.6 is 0 Å². The van der Waals surface area contributed by atoms with Gasteiger partial charge >= 0.3 is 18.5 Å². The smallest absolute Gasteiger partial charge is 0.503 e. The molecule has 0 aliphatic heterocycles. The molecule has 1 rings (SSSR count). The molecule has 0 bridgehead atoms. The maximum absolute atomic E-state index is 12.4. The summed E-state index contributed by atoms with van der Waals surface area (Å²) in [5.41, 5.74) is -3.36. The van der Waals surface area contributed by atoms with Crippen LogP contribution in [-0.2, 0) is 6.18 Å². The number of carboxylic acids is 1. The highest BCUT2D eigenvalue weighted by Crippen LogP contribution is 2.41. The first-order valence-electron chi connectivity index (χ1n) is 4.22. The summed E-state index contributed by atoms with van der Waals surface area (Å²) in [6.07, 6.45) is -10.7. The van der Waals surface area contributed by atoms with Crippen molar-refractivity contribution in [3.05, 3.63) is 17.3 Å². The van der Waals surface area contributed by atoms with Gasteiger partial charge in [0.25, 0.3) is 5.88 Å². The van der Waals surface area contributed by atoms with Crippen LogP contribution in [0.15, 0.2) is 6.07 Å². The van der Waals surface area contributed by atoms with Crippen molar-refractivity contribution in [3.63, 3.8) is 0 Å². The molecule has 0 radical (unpaired) electrons. The molecule has 11 heteroatoms. The third kappa shape index (κ3) is 3.63. The maximum Gasteiger partial charge on any atom is 0.574 e. The number of halogens is 6. The van der Waals surface area contributed by atoms with Crippen molar-refractivity contribution in [3.8, 4) is 11.6 Å². The van der Waals surface area contributed by atoms with E-state index in [1.165, 1.54) is 0 Å². The van der Waals surface area contributed by atoms with Gasteiger partial charge in [-0.05, 0) is 6.07 Å². The zero-order chi connectivity index (χ0) is 15.0.